The average Bonchev–Trinajstić information content (AvgIpc) is 2.80. The number of carbonyl (C=O) groups is 2. The number of benzene rings is 1. The van der Waals surface area contributed by atoms with E-state index in [1.54, 1.807) is 22.8 Å². The number of methoxy groups -OCH3 is 1. The van der Waals surface area contributed by atoms with Crippen LogP contribution >= 0.6 is 0 Å². The number of rotatable bonds is 8. The van der Waals surface area contributed by atoms with Crippen LogP contribution in [-0.2, 0) is 20.8 Å². The van der Waals surface area contributed by atoms with Crippen LogP contribution < -0.4 is 5.56 Å². The summed E-state index contributed by atoms with van der Waals surface area (Å²) < 4.78 is 12.4. The number of aryl methyl sites for hydroxylation is 1. The molecule has 1 heterocycles. The maximum atomic E-state index is 12.9. The molecule has 2 aromatic rings. The van der Waals surface area contributed by atoms with E-state index in [1.807, 2.05) is 19.1 Å². The molecule has 0 radical (unpaired) electrons. The predicted molar refractivity (Wildman–Crippen MR) is 133 cm³/mol. The molecule has 0 amide bonds. The molecule has 1 aromatic carbocycles. The maximum Gasteiger partial charge on any atom is 0.338 e. The Labute approximate surface area is 202 Å². The minimum atomic E-state index is -0.442. The van der Waals surface area contributed by atoms with Gasteiger partial charge in [-0.15, -0.1) is 0 Å². The van der Waals surface area contributed by atoms with Crippen LogP contribution in [0.15, 0.2) is 41.2 Å². The molecule has 1 fully saturated rings. The zero-order valence-electron chi connectivity index (χ0n) is 21.0. The summed E-state index contributed by atoms with van der Waals surface area (Å²) >= 11 is 0. The van der Waals surface area contributed by atoms with Crippen molar-refractivity contribution in [2.75, 3.05) is 7.11 Å². The Morgan fingerprint density at radius 1 is 1.15 bits per heavy atom. The van der Waals surface area contributed by atoms with Gasteiger partial charge in [0.25, 0.3) is 5.56 Å². The number of esters is 2. The first-order valence-electron chi connectivity index (χ1n) is 12.3. The zero-order valence-corrected chi connectivity index (χ0v) is 21.0. The summed E-state index contributed by atoms with van der Waals surface area (Å²) in [5.74, 6) is 0.874. The van der Waals surface area contributed by atoms with Gasteiger partial charge in [0.2, 0.25) is 0 Å². The van der Waals surface area contributed by atoms with Crippen molar-refractivity contribution in [1.82, 2.24) is 4.57 Å². The Bertz CT molecular complexity index is 1070. The number of hydrogen-bond donors (Lipinski definition) is 0. The third-order valence-electron chi connectivity index (χ3n) is 6.99. The Morgan fingerprint density at radius 3 is 2.56 bits per heavy atom. The number of hydrogen-bond acceptors (Lipinski definition) is 5. The summed E-state index contributed by atoms with van der Waals surface area (Å²) in [7, 11) is 1.34. The zero-order chi connectivity index (χ0) is 24.8. The van der Waals surface area contributed by atoms with Crippen molar-refractivity contribution < 1.29 is 19.1 Å². The van der Waals surface area contributed by atoms with Crippen molar-refractivity contribution in [3.8, 4) is 11.1 Å². The first-order chi connectivity index (χ1) is 16.2. The Balaban J connectivity index is 1.65. The van der Waals surface area contributed by atoms with Gasteiger partial charge in [-0.1, -0.05) is 45.4 Å². The van der Waals surface area contributed by atoms with Gasteiger partial charge < -0.3 is 14.0 Å². The molecule has 1 aromatic heterocycles. The molecule has 3 atom stereocenters. The average molecular weight is 468 g/mol. The fourth-order valence-corrected chi connectivity index (χ4v) is 5.05. The summed E-state index contributed by atoms with van der Waals surface area (Å²) in [5.41, 5.74) is 2.36. The minimum absolute atomic E-state index is 0.00475. The molecule has 6 nitrogen and oxygen atoms in total. The lowest BCUT2D eigenvalue weighted by atomic mass is 9.75. The van der Waals surface area contributed by atoms with Crippen LogP contribution in [0.4, 0.5) is 0 Å². The molecule has 0 N–H and O–H groups in total. The van der Waals surface area contributed by atoms with Crippen LogP contribution in [0.25, 0.3) is 11.1 Å². The molecule has 3 rings (SSSR count). The van der Waals surface area contributed by atoms with Crippen LogP contribution in [0.2, 0.25) is 0 Å². The maximum absolute atomic E-state index is 12.9. The molecular weight excluding hydrogens is 430 g/mol. The smallest absolute Gasteiger partial charge is 0.338 e. The number of aromatic nitrogens is 1. The van der Waals surface area contributed by atoms with Gasteiger partial charge in [-0.25, -0.2) is 4.79 Å². The van der Waals surface area contributed by atoms with E-state index in [9.17, 15) is 14.4 Å². The van der Waals surface area contributed by atoms with Crippen LogP contribution in [-0.4, -0.2) is 29.7 Å². The number of carbonyl (C=O) groups excluding carboxylic acids is 2. The summed E-state index contributed by atoms with van der Waals surface area (Å²) in [6.07, 6.45) is 4.05. The molecule has 34 heavy (non-hydrogen) atoms. The van der Waals surface area contributed by atoms with Gasteiger partial charge in [-0.3, -0.25) is 9.59 Å². The van der Waals surface area contributed by atoms with Crippen molar-refractivity contribution in [2.24, 2.45) is 17.8 Å². The van der Waals surface area contributed by atoms with Crippen molar-refractivity contribution in [1.29, 1.82) is 0 Å². The molecule has 184 valence electrons. The predicted octanol–water partition coefficient (Wildman–Crippen LogP) is 5.39. The lowest BCUT2D eigenvalue weighted by molar-refractivity contribution is -0.156. The molecule has 0 saturated heterocycles. The van der Waals surface area contributed by atoms with Crippen LogP contribution in [0.3, 0.4) is 0 Å². The van der Waals surface area contributed by atoms with Crippen molar-refractivity contribution >= 4 is 11.9 Å². The van der Waals surface area contributed by atoms with Crippen molar-refractivity contribution in [2.45, 2.75) is 72.4 Å². The van der Waals surface area contributed by atoms with Gasteiger partial charge in [0.1, 0.15) is 6.10 Å². The van der Waals surface area contributed by atoms with E-state index >= 15 is 0 Å². The molecule has 0 bridgehead atoms. The van der Waals surface area contributed by atoms with Crippen LogP contribution in [0, 0.1) is 24.7 Å². The summed E-state index contributed by atoms with van der Waals surface area (Å²) in [6, 6.07) is 10.5. The highest BCUT2D eigenvalue weighted by atomic mass is 16.5. The van der Waals surface area contributed by atoms with Gasteiger partial charge in [0, 0.05) is 24.7 Å². The molecule has 1 aliphatic carbocycles. The molecule has 0 spiro atoms. The van der Waals surface area contributed by atoms with E-state index in [1.165, 1.54) is 19.6 Å². The first kappa shape index (κ1) is 25.7. The highest BCUT2D eigenvalue weighted by molar-refractivity contribution is 5.97. The van der Waals surface area contributed by atoms with Crippen LogP contribution in [0.5, 0.6) is 0 Å². The van der Waals surface area contributed by atoms with Gasteiger partial charge >= 0.3 is 11.9 Å². The summed E-state index contributed by atoms with van der Waals surface area (Å²) in [6.45, 7) is 8.92. The number of ether oxygens (including phenoxy) is 2. The van der Waals surface area contributed by atoms with Crippen LogP contribution in [0.1, 0.15) is 68.9 Å². The number of pyridine rings is 1. The van der Waals surface area contributed by atoms with E-state index in [-0.39, 0.29) is 24.1 Å². The lowest BCUT2D eigenvalue weighted by Gasteiger charge is -2.36. The molecule has 1 aliphatic rings. The summed E-state index contributed by atoms with van der Waals surface area (Å²) in [5, 5.41) is 0. The SMILES string of the molecule is COC(=O)c1ccccc1-c1cc(C)n(CCCC(=O)O[C@@H]2C[C@H](C)CC[C@H]2C(C)C)c(=O)c1. The Morgan fingerprint density at radius 2 is 1.88 bits per heavy atom. The quantitative estimate of drug-likeness (QED) is 0.486. The van der Waals surface area contributed by atoms with Crippen molar-refractivity contribution in [3.05, 3.63) is 58.0 Å². The van der Waals surface area contributed by atoms with E-state index in [0.29, 0.717) is 47.4 Å². The molecule has 0 aliphatic heterocycles. The third-order valence-corrected chi connectivity index (χ3v) is 6.99. The third kappa shape index (κ3) is 6.16. The number of nitrogens with zero attached hydrogens (tertiary/aromatic N) is 1. The second kappa shape index (κ2) is 11.5. The largest absolute Gasteiger partial charge is 0.465 e. The van der Waals surface area contributed by atoms with E-state index in [4.69, 9.17) is 9.47 Å². The highest BCUT2D eigenvalue weighted by Gasteiger charge is 2.33. The molecule has 6 heteroatoms. The topological polar surface area (TPSA) is 74.6 Å². The van der Waals surface area contributed by atoms with Gasteiger partial charge in [-0.2, -0.15) is 0 Å². The minimum Gasteiger partial charge on any atom is -0.465 e. The second-order valence-electron chi connectivity index (χ2n) is 9.87. The Hall–Kier alpha value is -2.89. The van der Waals surface area contributed by atoms with Gasteiger partial charge in [-0.05, 0) is 67.2 Å². The lowest BCUT2D eigenvalue weighted by Crippen LogP contribution is -2.35. The first-order valence-corrected chi connectivity index (χ1v) is 12.3. The van der Waals surface area contributed by atoms with E-state index < -0.39 is 5.97 Å². The highest BCUT2D eigenvalue weighted by Crippen LogP contribution is 2.35. The molecule has 1 saturated carbocycles. The Kier molecular flexibility index (Phi) is 8.70. The molecular formula is C28H37NO5. The van der Waals surface area contributed by atoms with Crippen molar-refractivity contribution in [3.63, 3.8) is 0 Å². The summed E-state index contributed by atoms with van der Waals surface area (Å²) in [4.78, 5) is 37.5. The fourth-order valence-electron chi connectivity index (χ4n) is 5.05. The van der Waals surface area contributed by atoms with Gasteiger partial charge in [0.05, 0.1) is 12.7 Å². The monoisotopic (exact) mass is 467 g/mol. The van der Waals surface area contributed by atoms with Gasteiger partial charge in [0.15, 0.2) is 0 Å². The second-order valence-corrected chi connectivity index (χ2v) is 9.87. The van der Waals surface area contributed by atoms with E-state index in [2.05, 4.69) is 20.8 Å². The molecule has 0 unspecified atom stereocenters. The normalized spacial score (nSPS) is 20.2. The van der Waals surface area contributed by atoms with E-state index in [0.717, 1.165) is 18.5 Å². The fraction of sp³-hybridized carbons (Fsp3) is 0.536. The standard InChI is InChI=1S/C28H37NO5/c1-18(2)22-13-12-19(3)15-25(22)34-27(31)11-8-14-29-20(4)16-21(17-26(29)30)23-9-6-7-10-24(23)28(32)33-5/h6-7,9-10,16-19,22,25H,8,11-15H2,1-5H3/t19-,22+,25-/m1/s1.